The van der Waals surface area contributed by atoms with Crippen molar-refractivity contribution in [2.45, 2.75) is 19.0 Å². The molecule has 1 heterocycles. The van der Waals surface area contributed by atoms with E-state index in [2.05, 4.69) is 16.1 Å². The standard InChI is InChI=1S/C5H6N2/c1-3-5(4-2)6-7-5/h1H,4H2,2H3. The summed E-state index contributed by atoms with van der Waals surface area (Å²) in [4.78, 5) is 0. The molecule has 0 spiro atoms. The molecule has 1 rings (SSSR count). The molecule has 2 nitrogen and oxygen atoms in total. The van der Waals surface area contributed by atoms with Gasteiger partial charge in [0.25, 0.3) is 0 Å². The van der Waals surface area contributed by atoms with Gasteiger partial charge in [0, 0.05) is 6.42 Å². The van der Waals surface area contributed by atoms with Gasteiger partial charge in [-0.05, 0) is 5.92 Å². The molecule has 0 aromatic rings. The van der Waals surface area contributed by atoms with Crippen molar-refractivity contribution >= 4 is 0 Å². The van der Waals surface area contributed by atoms with Gasteiger partial charge in [-0.25, -0.2) is 0 Å². The molecule has 2 heteroatoms. The largest absolute Gasteiger partial charge is 0.250 e. The molecule has 0 atom stereocenters. The highest BCUT2D eigenvalue weighted by atomic mass is 15.4. The van der Waals surface area contributed by atoms with Crippen LogP contribution in [0.15, 0.2) is 10.2 Å². The average Bonchev–Trinajstić information content (AvgIpc) is 2.46. The second-order valence-electron chi connectivity index (χ2n) is 1.51. The lowest BCUT2D eigenvalue weighted by Gasteiger charge is -1.90. The van der Waals surface area contributed by atoms with Crippen LogP contribution in [-0.4, -0.2) is 5.66 Å². The second-order valence-corrected chi connectivity index (χ2v) is 1.51. The molecule has 0 bridgehead atoms. The molecule has 0 saturated heterocycles. The maximum absolute atomic E-state index is 5.04. The van der Waals surface area contributed by atoms with E-state index in [0.29, 0.717) is 0 Å². The van der Waals surface area contributed by atoms with Gasteiger partial charge in [-0.3, -0.25) is 0 Å². The molecule has 0 aliphatic carbocycles. The molecule has 36 valence electrons. The normalized spacial score (nSPS) is 21.1. The third kappa shape index (κ3) is 0.499. The van der Waals surface area contributed by atoms with Crippen LogP contribution in [-0.2, 0) is 0 Å². The summed E-state index contributed by atoms with van der Waals surface area (Å²) in [7, 11) is 0. The Labute approximate surface area is 42.6 Å². The van der Waals surface area contributed by atoms with Gasteiger partial charge in [0.2, 0.25) is 5.66 Å². The molecular weight excluding hydrogens is 88.1 g/mol. The lowest BCUT2D eigenvalue weighted by Crippen LogP contribution is -2.02. The first kappa shape index (κ1) is 4.32. The van der Waals surface area contributed by atoms with E-state index >= 15 is 0 Å². The molecule has 0 N–H and O–H groups in total. The van der Waals surface area contributed by atoms with Gasteiger partial charge in [-0.2, -0.15) is 0 Å². The van der Waals surface area contributed by atoms with Gasteiger partial charge >= 0.3 is 0 Å². The third-order valence-electron chi connectivity index (χ3n) is 1.07. The first-order valence-electron chi connectivity index (χ1n) is 2.25. The summed E-state index contributed by atoms with van der Waals surface area (Å²) in [5.41, 5.74) is -0.389. The van der Waals surface area contributed by atoms with E-state index in [1.807, 2.05) is 6.92 Å². The van der Waals surface area contributed by atoms with Crippen LogP contribution in [0.4, 0.5) is 0 Å². The third-order valence-corrected chi connectivity index (χ3v) is 1.07. The van der Waals surface area contributed by atoms with Crippen LogP contribution in [0, 0.1) is 12.3 Å². The molecule has 1 aliphatic heterocycles. The monoisotopic (exact) mass is 94.1 g/mol. The Balaban J connectivity index is 2.50. The Bertz CT molecular complexity index is 135. The molecule has 0 fully saturated rings. The van der Waals surface area contributed by atoms with Crippen LogP contribution < -0.4 is 0 Å². The van der Waals surface area contributed by atoms with E-state index in [1.165, 1.54) is 0 Å². The quantitative estimate of drug-likeness (QED) is 0.436. The van der Waals surface area contributed by atoms with Gasteiger partial charge in [0.1, 0.15) is 0 Å². The van der Waals surface area contributed by atoms with E-state index in [-0.39, 0.29) is 5.66 Å². The summed E-state index contributed by atoms with van der Waals surface area (Å²) >= 11 is 0. The Hall–Kier alpha value is -0.840. The SMILES string of the molecule is C#CC1(CC)N=N1. The number of nitrogens with zero attached hydrogens (tertiary/aromatic N) is 2. The van der Waals surface area contributed by atoms with Crippen molar-refractivity contribution in [1.82, 2.24) is 0 Å². The molecule has 7 heavy (non-hydrogen) atoms. The second kappa shape index (κ2) is 1.06. The summed E-state index contributed by atoms with van der Waals surface area (Å²) in [6.07, 6.45) is 5.88. The summed E-state index contributed by atoms with van der Waals surface area (Å²) in [6, 6.07) is 0. The van der Waals surface area contributed by atoms with Gasteiger partial charge in [-0.15, -0.1) is 16.7 Å². The fourth-order valence-electron chi connectivity index (χ4n) is 0.362. The first-order valence-corrected chi connectivity index (χ1v) is 2.25. The number of hydrogen-bond donors (Lipinski definition) is 0. The molecule has 0 radical (unpaired) electrons. The lowest BCUT2D eigenvalue weighted by molar-refractivity contribution is 0.737. The minimum Gasteiger partial charge on any atom is -0.144 e. The van der Waals surface area contributed by atoms with E-state index in [0.717, 1.165) is 6.42 Å². The summed E-state index contributed by atoms with van der Waals surface area (Å²) < 4.78 is 0. The fourth-order valence-corrected chi connectivity index (χ4v) is 0.362. The highest BCUT2D eigenvalue weighted by Gasteiger charge is 2.34. The van der Waals surface area contributed by atoms with Crippen molar-refractivity contribution in [2.24, 2.45) is 10.2 Å². The van der Waals surface area contributed by atoms with Gasteiger partial charge < -0.3 is 0 Å². The lowest BCUT2D eigenvalue weighted by atomic mass is 10.2. The Kier molecular flexibility index (Phi) is 0.657. The van der Waals surface area contributed by atoms with E-state index in [4.69, 9.17) is 6.42 Å². The average molecular weight is 94.1 g/mol. The topological polar surface area (TPSA) is 24.7 Å². The Morgan fingerprint density at radius 2 is 2.29 bits per heavy atom. The number of terminal acetylenes is 1. The van der Waals surface area contributed by atoms with Crippen LogP contribution in [0.2, 0.25) is 0 Å². The first-order chi connectivity index (χ1) is 3.33. The van der Waals surface area contributed by atoms with Crippen molar-refractivity contribution in [2.75, 3.05) is 0 Å². The van der Waals surface area contributed by atoms with Crippen molar-refractivity contribution in [1.29, 1.82) is 0 Å². The molecule has 1 aliphatic rings. The molecule has 0 aromatic heterocycles. The number of rotatable bonds is 1. The molecule has 0 unspecified atom stereocenters. The van der Waals surface area contributed by atoms with Crippen LogP contribution >= 0.6 is 0 Å². The van der Waals surface area contributed by atoms with Gasteiger partial charge in [0.15, 0.2) is 0 Å². The zero-order valence-corrected chi connectivity index (χ0v) is 4.18. The summed E-state index contributed by atoms with van der Waals surface area (Å²) in [6.45, 7) is 1.97. The maximum Gasteiger partial charge on any atom is 0.250 e. The highest BCUT2D eigenvalue weighted by molar-refractivity contribution is 5.16. The summed E-state index contributed by atoms with van der Waals surface area (Å²) in [5.74, 6) is 2.47. The van der Waals surface area contributed by atoms with E-state index in [9.17, 15) is 0 Å². The molecule has 0 aromatic carbocycles. The zero-order valence-electron chi connectivity index (χ0n) is 4.18. The number of hydrogen-bond acceptors (Lipinski definition) is 2. The van der Waals surface area contributed by atoms with Crippen LogP contribution in [0.1, 0.15) is 13.3 Å². The Morgan fingerprint density at radius 3 is 2.29 bits per heavy atom. The predicted octanol–water partition coefficient (Wildman–Crippen LogP) is 1.19. The van der Waals surface area contributed by atoms with Crippen molar-refractivity contribution in [3.8, 4) is 12.3 Å². The molecule has 0 saturated carbocycles. The molecule has 0 amide bonds. The highest BCUT2D eigenvalue weighted by Crippen LogP contribution is 2.29. The van der Waals surface area contributed by atoms with Crippen molar-refractivity contribution in [3.05, 3.63) is 0 Å². The predicted molar refractivity (Wildman–Crippen MR) is 26.7 cm³/mol. The van der Waals surface area contributed by atoms with Crippen molar-refractivity contribution in [3.63, 3.8) is 0 Å². The fraction of sp³-hybridized carbons (Fsp3) is 0.600. The van der Waals surface area contributed by atoms with Crippen molar-refractivity contribution < 1.29 is 0 Å². The van der Waals surface area contributed by atoms with Crippen LogP contribution in [0.5, 0.6) is 0 Å². The van der Waals surface area contributed by atoms with E-state index in [1.54, 1.807) is 0 Å². The maximum atomic E-state index is 5.04. The minimum absolute atomic E-state index is 0.389. The van der Waals surface area contributed by atoms with Gasteiger partial charge in [-0.1, -0.05) is 6.92 Å². The van der Waals surface area contributed by atoms with Gasteiger partial charge in [0.05, 0.1) is 0 Å². The Morgan fingerprint density at radius 1 is 1.71 bits per heavy atom. The van der Waals surface area contributed by atoms with Crippen LogP contribution in [0.25, 0.3) is 0 Å². The smallest absolute Gasteiger partial charge is 0.144 e. The molecular formula is C5H6N2. The minimum atomic E-state index is -0.389. The summed E-state index contributed by atoms with van der Waals surface area (Å²) in [5, 5.41) is 7.32. The van der Waals surface area contributed by atoms with Crippen LogP contribution in [0.3, 0.4) is 0 Å². The zero-order chi connectivity index (χ0) is 5.33. The van der Waals surface area contributed by atoms with E-state index < -0.39 is 0 Å².